The zero-order valence-electron chi connectivity index (χ0n) is 12.4. The van der Waals surface area contributed by atoms with Gasteiger partial charge in [0.25, 0.3) is 0 Å². The van der Waals surface area contributed by atoms with Crippen molar-refractivity contribution in [1.29, 1.82) is 0 Å². The summed E-state index contributed by atoms with van der Waals surface area (Å²) in [5.74, 6) is -36.9. The van der Waals surface area contributed by atoms with Crippen molar-refractivity contribution >= 4 is 26.3 Å². The minimum Gasteiger partial charge on any atom is -0.277 e. The quantitative estimate of drug-likeness (QED) is 0.150. The highest BCUT2D eigenvalue weighted by molar-refractivity contribution is 14.1. The third-order valence-electron chi connectivity index (χ3n) is 2.95. The summed E-state index contributed by atoms with van der Waals surface area (Å²) in [7, 11) is 0. The van der Waals surface area contributed by atoms with Crippen LogP contribution < -0.4 is 0 Å². The van der Waals surface area contributed by atoms with Gasteiger partial charge in [0.15, 0.2) is 0 Å². The molecule has 0 rings (SSSR count). The van der Waals surface area contributed by atoms with Gasteiger partial charge in [0.2, 0.25) is 0 Å². The van der Waals surface area contributed by atoms with E-state index in [1.54, 1.807) is 0 Å². The molecule has 0 aliphatic heterocycles. The van der Waals surface area contributed by atoms with Crippen LogP contribution in [0, 0.1) is 0 Å². The highest BCUT2D eigenvalue weighted by atomic mass is 127. The molecule has 156 valence electrons. The first-order chi connectivity index (χ1) is 11.2. The van der Waals surface area contributed by atoms with Crippen molar-refractivity contribution in [2.75, 3.05) is 6.54 Å². The summed E-state index contributed by atoms with van der Waals surface area (Å²) in [6.45, 7) is 0.865. The Hall–Kier alpha value is -0.510. The zero-order chi connectivity index (χ0) is 21.4. The molecule has 0 unspecified atom stereocenters. The Labute approximate surface area is 151 Å². The summed E-state index contributed by atoms with van der Waals surface area (Å²) in [4.78, 5) is 2.74. The molecule has 0 fully saturated rings. The lowest BCUT2D eigenvalue weighted by atomic mass is 9.94. The molecule has 0 N–H and O–H groups in total. The normalized spacial score (nSPS) is 16.2. The van der Waals surface area contributed by atoms with Crippen LogP contribution >= 0.6 is 22.6 Å². The monoisotopic (exact) mass is 529 g/mol. The number of hydrogen-bond acceptors (Lipinski definition) is 1. The summed E-state index contributed by atoms with van der Waals surface area (Å²) < 4.78 is 165. The van der Waals surface area contributed by atoms with E-state index >= 15 is 0 Å². The van der Waals surface area contributed by atoms with Crippen LogP contribution in [0.25, 0.3) is 0 Å². The fraction of sp³-hybridized carbons (Fsp3) is 0.909. The van der Waals surface area contributed by atoms with Gasteiger partial charge in [-0.05, 0) is 29.0 Å². The van der Waals surface area contributed by atoms with Crippen LogP contribution in [0.2, 0.25) is 0 Å². The summed E-state index contributed by atoms with van der Waals surface area (Å²) in [6, 6.07) is 0. The van der Waals surface area contributed by atoms with Crippen molar-refractivity contribution < 1.29 is 57.1 Å². The van der Waals surface area contributed by atoms with E-state index < -0.39 is 46.1 Å². The van der Waals surface area contributed by atoms with E-state index in [0.29, 0.717) is 0 Å². The molecule has 0 saturated heterocycles. The zero-order valence-corrected chi connectivity index (χ0v) is 14.5. The topological polar surface area (TPSA) is 12.4 Å². The molecule has 0 bridgehead atoms. The number of nitrogens with zero attached hydrogens (tertiary/aromatic N) is 1. The standard InChI is InChI=1S/C11H9F13IN/c1-2-3-4-26-5(25)6(12,13)7(14,15)8(16,17)9(18,19)10(20,21)11(22,23)24/h2-4H2,1H3. The van der Waals surface area contributed by atoms with Crippen LogP contribution in [-0.4, -0.2) is 46.1 Å². The molecule has 0 saturated carbocycles. The van der Waals surface area contributed by atoms with Gasteiger partial charge in [-0.15, -0.1) is 0 Å². The van der Waals surface area contributed by atoms with Crippen LogP contribution in [0.3, 0.4) is 0 Å². The Kier molecular flexibility index (Phi) is 7.34. The van der Waals surface area contributed by atoms with Gasteiger partial charge in [-0.1, -0.05) is 13.3 Å². The van der Waals surface area contributed by atoms with Crippen LogP contribution in [-0.2, 0) is 0 Å². The van der Waals surface area contributed by atoms with E-state index in [1.807, 2.05) is 0 Å². The Balaban J connectivity index is 6.20. The van der Waals surface area contributed by atoms with E-state index in [4.69, 9.17) is 0 Å². The number of hydrogen-bond donors (Lipinski definition) is 0. The van der Waals surface area contributed by atoms with Crippen LogP contribution in [0.5, 0.6) is 0 Å². The average Bonchev–Trinajstić information content (AvgIpc) is 2.45. The molecule has 0 heterocycles. The molecular weight excluding hydrogens is 520 g/mol. The summed E-state index contributed by atoms with van der Waals surface area (Å²) in [5, 5.41) is 0. The third-order valence-corrected chi connectivity index (χ3v) is 3.97. The van der Waals surface area contributed by atoms with Gasteiger partial charge in [-0.2, -0.15) is 57.1 Å². The maximum absolute atomic E-state index is 13.5. The number of alkyl halides is 13. The molecule has 0 spiro atoms. The highest BCUT2D eigenvalue weighted by Crippen LogP contribution is 2.60. The number of aliphatic imine (C=N–C) groups is 1. The first-order valence-electron chi connectivity index (χ1n) is 6.39. The predicted octanol–water partition coefficient (Wildman–Crippen LogP) is 6.36. The van der Waals surface area contributed by atoms with Gasteiger partial charge in [0.05, 0.1) is 0 Å². The lowest BCUT2D eigenvalue weighted by molar-refractivity contribution is -0.434. The summed E-state index contributed by atoms with van der Waals surface area (Å²) >= 11 is 0.287. The first kappa shape index (κ1) is 25.5. The minimum absolute atomic E-state index is 0.00709. The maximum atomic E-state index is 13.5. The average molecular weight is 529 g/mol. The SMILES string of the molecule is CCCCN=C(I)C(F)(F)C(F)(F)C(F)(F)C(F)(F)C(F)(F)C(F)(F)F. The smallest absolute Gasteiger partial charge is 0.277 e. The lowest BCUT2D eigenvalue weighted by Gasteiger charge is -2.39. The van der Waals surface area contributed by atoms with Crippen LogP contribution in [0.15, 0.2) is 4.99 Å². The van der Waals surface area contributed by atoms with E-state index in [0.717, 1.165) is 0 Å². The molecule has 0 aliphatic carbocycles. The third kappa shape index (κ3) is 3.86. The van der Waals surface area contributed by atoms with Crippen LogP contribution in [0.1, 0.15) is 19.8 Å². The molecule has 0 atom stereocenters. The van der Waals surface area contributed by atoms with E-state index in [1.165, 1.54) is 6.92 Å². The van der Waals surface area contributed by atoms with Gasteiger partial charge in [0.1, 0.15) is 3.72 Å². The van der Waals surface area contributed by atoms with Gasteiger partial charge in [0, 0.05) is 6.54 Å². The summed E-state index contributed by atoms with van der Waals surface area (Å²) in [6.07, 6.45) is -7.14. The maximum Gasteiger partial charge on any atom is 0.460 e. The predicted molar refractivity (Wildman–Crippen MR) is 72.0 cm³/mol. The molecule has 0 aromatic carbocycles. The van der Waals surface area contributed by atoms with Crippen molar-refractivity contribution in [2.24, 2.45) is 4.99 Å². The molecule has 0 radical (unpaired) electrons. The molecule has 0 aromatic rings. The fourth-order valence-corrected chi connectivity index (χ4v) is 1.91. The van der Waals surface area contributed by atoms with Gasteiger partial charge in [-0.25, -0.2) is 0 Å². The second-order valence-electron chi connectivity index (χ2n) is 4.90. The number of rotatable bonds is 8. The molecule has 26 heavy (non-hydrogen) atoms. The van der Waals surface area contributed by atoms with Gasteiger partial charge in [-0.3, -0.25) is 4.99 Å². The van der Waals surface area contributed by atoms with Crippen LogP contribution in [0.4, 0.5) is 57.1 Å². The van der Waals surface area contributed by atoms with Crippen molar-refractivity contribution in [3.8, 4) is 0 Å². The molecule has 15 heteroatoms. The van der Waals surface area contributed by atoms with E-state index in [9.17, 15) is 57.1 Å². The molecular formula is C11H9F13IN. The number of unbranched alkanes of at least 4 members (excludes halogenated alkanes) is 1. The van der Waals surface area contributed by atoms with Gasteiger partial charge < -0.3 is 0 Å². The highest BCUT2D eigenvalue weighted by Gasteiger charge is 2.91. The molecule has 0 aromatic heterocycles. The van der Waals surface area contributed by atoms with Crippen molar-refractivity contribution in [2.45, 2.75) is 55.6 Å². The largest absolute Gasteiger partial charge is 0.460 e. The second-order valence-corrected chi connectivity index (χ2v) is 5.92. The Bertz CT molecular complexity index is 523. The Morgan fingerprint density at radius 3 is 1.42 bits per heavy atom. The molecule has 0 aliphatic rings. The first-order valence-corrected chi connectivity index (χ1v) is 7.47. The van der Waals surface area contributed by atoms with E-state index in [-0.39, 0.29) is 35.4 Å². The Morgan fingerprint density at radius 2 is 1.08 bits per heavy atom. The lowest BCUT2D eigenvalue weighted by Crippen LogP contribution is -2.70. The van der Waals surface area contributed by atoms with Crippen molar-refractivity contribution in [3.05, 3.63) is 0 Å². The summed E-state index contributed by atoms with van der Waals surface area (Å²) in [5.41, 5.74) is 0. The van der Waals surface area contributed by atoms with Gasteiger partial charge >= 0.3 is 35.8 Å². The number of halogens is 14. The fourth-order valence-electron chi connectivity index (χ4n) is 1.33. The Morgan fingerprint density at radius 1 is 0.692 bits per heavy atom. The van der Waals surface area contributed by atoms with Crippen molar-refractivity contribution in [3.63, 3.8) is 0 Å². The second kappa shape index (κ2) is 7.48. The molecule has 1 nitrogen and oxygen atoms in total. The minimum atomic E-state index is -7.88. The van der Waals surface area contributed by atoms with Crippen molar-refractivity contribution in [1.82, 2.24) is 0 Å². The molecule has 0 amide bonds. The van der Waals surface area contributed by atoms with E-state index in [2.05, 4.69) is 4.99 Å².